The molecule has 0 aliphatic heterocycles. The summed E-state index contributed by atoms with van der Waals surface area (Å²) in [4.78, 5) is 25.5. The van der Waals surface area contributed by atoms with Crippen molar-refractivity contribution in [3.05, 3.63) is 24.3 Å². The lowest BCUT2D eigenvalue weighted by molar-refractivity contribution is -0.134. The number of nitrogens with two attached hydrogens (primary N) is 1. The maximum Gasteiger partial charge on any atom is 0.244 e. The van der Waals surface area contributed by atoms with E-state index in [0.717, 1.165) is 6.42 Å². The molecular formula is C15H23N3O3. The van der Waals surface area contributed by atoms with Gasteiger partial charge in [-0.2, -0.15) is 0 Å². The molecule has 0 unspecified atom stereocenters. The molecule has 1 aromatic carbocycles. The molecule has 116 valence electrons. The molecule has 0 bridgehead atoms. The molecule has 0 spiro atoms. The van der Waals surface area contributed by atoms with Crippen molar-refractivity contribution < 1.29 is 14.3 Å². The normalized spacial score (nSPS) is 10.0. The molecule has 0 aliphatic carbocycles. The first kappa shape index (κ1) is 17.0. The quantitative estimate of drug-likeness (QED) is 0.755. The van der Waals surface area contributed by atoms with Crippen molar-refractivity contribution >= 4 is 17.5 Å². The molecule has 0 saturated heterocycles. The van der Waals surface area contributed by atoms with Gasteiger partial charge in [0.25, 0.3) is 0 Å². The van der Waals surface area contributed by atoms with Gasteiger partial charge < -0.3 is 20.7 Å². The van der Waals surface area contributed by atoms with E-state index in [-0.39, 0.29) is 31.3 Å². The van der Waals surface area contributed by atoms with Crippen molar-refractivity contribution in [2.24, 2.45) is 5.73 Å². The number of amides is 2. The first-order valence-corrected chi connectivity index (χ1v) is 7.03. The van der Waals surface area contributed by atoms with Crippen LogP contribution in [0.1, 0.15) is 19.8 Å². The molecule has 0 aliphatic rings. The summed E-state index contributed by atoms with van der Waals surface area (Å²) >= 11 is 0. The van der Waals surface area contributed by atoms with Crippen LogP contribution in [-0.2, 0) is 9.59 Å². The average Bonchev–Trinajstić information content (AvgIpc) is 2.47. The average molecular weight is 293 g/mol. The number of hydrogen-bond acceptors (Lipinski definition) is 4. The molecule has 0 atom stereocenters. The van der Waals surface area contributed by atoms with Crippen LogP contribution in [0.25, 0.3) is 0 Å². The van der Waals surface area contributed by atoms with Crippen LogP contribution < -0.4 is 15.8 Å². The third-order valence-electron chi connectivity index (χ3n) is 2.92. The lowest BCUT2D eigenvalue weighted by Gasteiger charge is -2.21. The van der Waals surface area contributed by atoms with Crippen molar-refractivity contribution in [1.82, 2.24) is 4.90 Å². The van der Waals surface area contributed by atoms with Gasteiger partial charge in [-0.3, -0.25) is 9.59 Å². The Labute approximate surface area is 125 Å². The zero-order valence-electron chi connectivity index (χ0n) is 12.6. The van der Waals surface area contributed by atoms with Gasteiger partial charge in [-0.1, -0.05) is 19.1 Å². The second-order valence-electron chi connectivity index (χ2n) is 4.60. The number of nitrogens with one attached hydrogen (secondary N) is 1. The Morgan fingerprint density at radius 2 is 2.05 bits per heavy atom. The van der Waals surface area contributed by atoms with Gasteiger partial charge in [0.1, 0.15) is 5.75 Å². The topological polar surface area (TPSA) is 84.7 Å². The molecule has 0 heterocycles. The third kappa shape index (κ3) is 5.43. The van der Waals surface area contributed by atoms with E-state index in [2.05, 4.69) is 5.32 Å². The number of para-hydroxylation sites is 2. The Morgan fingerprint density at radius 1 is 1.33 bits per heavy atom. The van der Waals surface area contributed by atoms with Gasteiger partial charge in [0.2, 0.25) is 11.8 Å². The summed E-state index contributed by atoms with van der Waals surface area (Å²) in [6.45, 7) is 2.80. The standard InChI is InChI=1S/C15H23N3O3/c1-3-10-18(15(20)8-9-16)11-14(19)17-12-6-4-5-7-13(12)21-2/h4-7H,3,8-11,16H2,1-2H3,(H,17,19). The van der Waals surface area contributed by atoms with Crippen molar-refractivity contribution in [2.45, 2.75) is 19.8 Å². The molecular weight excluding hydrogens is 270 g/mol. The summed E-state index contributed by atoms with van der Waals surface area (Å²) in [5.74, 6) is 0.231. The van der Waals surface area contributed by atoms with E-state index in [0.29, 0.717) is 18.0 Å². The smallest absolute Gasteiger partial charge is 0.244 e. The molecule has 3 N–H and O–H groups in total. The highest BCUT2D eigenvalue weighted by Gasteiger charge is 2.16. The number of nitrogens with zero attached hydrogens (tertiary/aromatic N) is 1. The number of methoxy groups -OCH3 is 1. The van der Waals surface area contributed by atoms with Crippen LogP contribution in [0.3, 0.4) is 0 Å². The summed E-state index contributed by atoms with van der Waals surface area (Å²) < 4.78 is 5.17. The van der Waals surface area contributed by atoms with Gasteiger partial charge in [-0.05, 0) is 18.6 Å². The fraction of sp³-hybridized carbons (Fsp3) is 0.467. The highest BCUT2D eigenvalue weighted by atomic mass is 16.5. The zero-order valence-corrected chi connectivity index (χ0v) is 12.6. The van der Waals surface area contributed by atoms with E-state index >= 15 is 0 Å². The predicted molar refractivity (Wildman–Crippen MR) is 82.2 cm³/mol. The lowest BCUT2D eigenvalue weighted by atomic mass is 10.2. The van der Waals surface area contributed by atoms with Crippen LogP contribution in [0.2, 0.25) is 0 Å². The number of benzene rings is 1. The maximum atomic E-state index is 12.1. The van der Waals surface area contributed by atoms with E-state index in [4.69, 9.17) is 10.5 Å². The number of hydrogen-bond donors (Lipinski definition) is 2. The Hall–Kier alpha value is -2.08. The SMILES string of the molecule is CCCN(CC(=O)Nc1ccccc1OC)C(=O)CCN. The number of carbonyl (C=O) groups is 2. The van der Waals surface area contributed by atoms with Crippen molar-refractivity contribution in [3.63, 3.8) is 0 Å². The minimum atomic E-state index is -0.252. The third-order valence-corrected chi connectivity index (χ3v) is 2.92. The molecule has 1 rings (SSSR count). The minimum absolute atomic E-state index is 0.0186. The maximum absolute atomic E-state index is 12.1. The van der Waals surface area contributed by atoms with Crippen LogP contribution in [0, 0.1) is 0 Å². The molecule has 6 heteroatoms. The van der Waals surface area contributed by atoms with Gasteiger partial charge in [0, 0.05) is 19.5 Å². The second-order valence-corrected chi connectivity index (χ2v) is 4.60. The summed E-state index contributed by atoms with van der Waals surface area (Å²) in [6.07, 6.45) is 1.04. The monoisotopic (exact) mass is 293 g/mol. The van der Waals surface area contributed by atoms with Crippen LogP contribution in [0.15, 0.2) is 24.3 Å². The number of rotatable bonds is 8. The molecule has 0 radical (unpaired) electrons. The minimum Gasteiger partial charge on any atom is -0.495 e. The highest BCUT2D eigenvalue weighted by Crippen LogP contribution is 2.22. The van der Waals surface area contributed by atoms with Gasteiger partial charge in [0.15, 0.2) is 0 Å². The van der Waals surface area contributed by atoms with E-state index in [1.807, 2.05) is 19.1 Å². The molecule has 1 aromatic rings. The van der Waals surface area contributed by atoms with Crippen LogP contribution in [-0.4, -0.2) is 43.5 Å². The highest BCUT2D eigenvalue weighted by molar-refractivity contribution is 5.95. The summed E-state index contributed by atoms with van der Waals surface area (Å²) in [7, 11) is 1.54. The largest absolute Gasteiger partial charge is 0.495 e. The Kier molecular flexibility index (Phi) is 7.25. The molecule has 0 fully saturated rings. The summed E-state index contributed by atoms with van der Waals surface area (Å²) in [5, 5.41) is 2.76. The van der Waals surface area contributed by atoms with E-state index < -0.39 is 0 Å². The summed E-state index contributed by atoms with van der Waals surface area (Å²) in [5.41, 5.74) is 5.98. The Balaban J connectivity index is 2.67. The van der Waals surface area contributed by atoms with Gasteiger partial charge in [-0.25, -0.2) is 0 Å². The fourth-order valence-electron chi connectivity index (χ4n) is 1.95. The number of carbonyl (C=O) groups excluding carboxylic acids is 2. The van der Waals surface area contributed by atoms with Gasteiger partial charge >= 0.3 is 0 Å². The molecule has 0 aromatic heterocycles. The van der Waals surface area contributed by atoms with Crippen molar-refractivity contribution in [3.8, 4) is 5.75 Å². The zero-order chi connectivity index (χ0) is 15.7. The van der Waals surface area contributed by atoms with Crippen molar-refractivity contribution in [2.75, 3.05) is 32.1 Å². The molecule has 2 amide bonds. The first-order chi connectivity index (χ1) is 10.1. The molecule has 21 heavy (non-hydrogen) atoms. The lowest BCUT2D eigenvalue weighted by Crippen LogP contribution is -2.39. The van der Waals surface area contributed by atoms with Crippen LogP contribution >= 0.6 is 0 Å². The Morgan fingerprint density at radius 3 is 2.67 bits per heavy atom. The van der Waals surface area contributed by atoms with E-state index in [9.17, 15) is 9.59 Å². The number of ether oxygens (including phenoxy) is 1. The fourth-order valence-corrected chi connectivity index (χ4v) is 1.95. The molecule has 0 saturated carbocycles. The van der Waals surface area contributed by atoms with E-state index in [1.165, 1.54) is 4.90 Å². The van der Waals surface area contributed by atoms with Gasteiger partial charge in [-0.15, -0.1) is 0 Å². The van der Waals surface area contributed by atoms with E-state index in [1.54, 1.807) is 19.2 Å². The Bertz CT molecular complexity index is 477. The van der Waals surface area contributed by atoms with Gasteiger partial charge in [0.05, 0.1) is 19.3 Å². The second kappa shape index (κ2) is 8.97. The summed E-state index contributed by atoms with van der Waals surface area (Å²) in [6, 6.07) is 7.14. The predicted octanol–water partition coefficient (Wildman–Crippen LogP) is 1.22. The van der Waals surface area contributed by atoms with Crippen molar-refractivity contribution in [1.29, 1.82) is 0 Å². The number of anilines is 1. The van der Waals surface area contributed by atoms with Crippen LogP contribution in [0.5, 0.6) is 5.75 Å². The first-order valence-electron chi connectivity index (χ1n) is 7.03. The molecule has 6 nitrogen and oxygen atoms in total. The van der Waals surface area contributed by atoms with Crippen LogP contribution in [0.4, 0.5) is 5.69 Å².